The van der Waals surface area contributed by atoms with E-state index >= 15 is 0 Å². The number of ether oxygens (including phenoxy) is 1. The maximum Gasteiger partial charge on any atom is 0.271 e. The molecule has 3 rings (SSSR count). The van der Waals surface area contributed by atoms with Gasteiger partial charge in [-0.2, -0.15) is 5.10 Å². The van der Waals surface area contributed by atoms with Crippen molar-refractivity contribution in [3.05, 3.63) is 98.1 Å². The van der Waals surface area contributed by atoms with Gasteiger partial charge in [-0.1, -0.05) is 41.9 Å². The van der Waals surface area contributed by atoms with Gasteiger partial charge in [-0.25, -0.2) is 5.43 Å². The Hall–Kier alpha value is -2.38. The van der Waals surface area contributed by atoms with Gasteiger partial charge in [0.1, 0.15) is 12.4 Å². The summed E-state index contributed by atoms with van der Waals surface area (Å²) in [6, 6.07) is 22.3. The Morgan fingerprint density at radius 2 is 1.85 bits per heavy atom. The third-order valence-electron chi connectivity index (χ3n) is 3.64. The monoisotopic (exact) mass is 490 g/mol. The Balaban J connectivity index is 1.57. The number of nitrogens with zero attached hydrogens (tertiary/aromatic N) is 1. The number of carbonyl (C=O) groups excluding carboxylic acids is 1. The molecule has 0 fully saturated rings. The number of hydrazone groups is 1. The van der Waals surface area contributed by atoms with Gasteiger partial charge in [0.2, 0.25) is 0 Å². The van der Waals surface area contributed by atoms with Crippen molar-refractivity contribution in [2.24, 2.45) is 5.10 Å². The molecule has 4 nitrogen and oxygen atoms in total. The van der Waals surface area contributed by atoms with E-state index < -0.39 is 0 Å². The number of benzene rings is 3. The minimum atomic E-state index is -0.250. The molecule has 0 aromatic heterocycles. The smallest absolute Gasteiger partial charge is 0.271 e. The van der Waals surface area contributed by atoms with E-state index in [0.29, 0.717) is 17.2 Å². The molecule has 0 radical (unpaired) electrons. The fraction of sp³-hybridized carbons (Fsp3) is 0.0476. The van der Waals surface area contributed by atoms with Crippen LogP contribution in [0.3, 0.4) is 0 Å². The van der Waals surface area contributed by atoms with Crippen molar-refractivity contribution in [1.29, 1.82) is 0 Å². The molecular weight excluding hydrogens is 475 g/mol. The molecule has 0 spiro atoms. The standard InChI is InChI=1S/C21H16ClIN2O2/c22-18-9-7-15(8-10-18)14-27-20-6-1-3-16(11-20)13-24-25-21(26)17-4-2-5-19(23)12-17/h1-13H,14H2,(H,25,26)/b24-13-. The second-order valence-electron chi connectivity index (χ2n) is 5.70. The first-order valence-electron chi connectivity index (χ1n) is 8.16. The second kappa shape index (κ2) is 9.53. The zero-order valence-electron chi connectivity index (χ0n) is 14.2. The van der Waals surface area contributed by atoms with Crippen molar-refractivity contribution in [1.82, 2.24) is 5.43 Å². The summed E-state index contributed by atoms with van der Waals surface area (Å²) in [7, 11) is 0. The van der Waals surface area contributed by atoms with Crippen LogP contribution < -0.4 is 10.2 Å². The van der Waals surface area contributed by atoms with Crippen LogP contribution >= 0.6 is 34.2 Å². The molecule has 1 amide bonds. The van der Waals surface area contributed by atoms with Gasteiger partial charge < -0.3 is 4.74 Å². The maximum absolute atomic E-state index is 12.1. The molecule has 0 heterocycles. The lowest BCUT2D eigenvalue weighted by Crippen LogP contribution is -2.17. The van der Waals surface area contributed by atoms with Crippen LogP contribution in [0.4, 0.5) is 0 Å². The molecule has 3 aromatic carbocycles. The van der Waals surface area contributed by atoms with Gasteiger partial charge >= 0.3 is 0 Å². The number of carbonyl (C=O) groups is 1. The van der Waals surface area contributed by atoms with Crippen LogP contribution in [-0.2, 0) is 6.61 Å². The van der Waals surface area contributed by atoms with Crippen LogP contribution in [0, 0.1) is 3.57 Å². The molecule has 0 aliphatic rings. The molecule has 1 N–H and O–H groups in total. The molecule has 0 aliphatic heterocycles. The van der Waals surface area contributed by atoms with E-state index in [4.69, 9.17) is 16.3 Å². The average molecular weight is 491 g/mol. The van der Waals surface area contributed by atoms with E-state index in [-0.39, 0.29) is 5.91 Å². The minimum absolute atomic E-state index is 0.250. The van der Waals surface area contributed by atoms with Crippen molar-refractivity contribution in [2.45, 2.75) is 6.61 Å². The highest BCUT2D eigenvalue weighted by molar-refractivity contribution is 14.1. The number of rotatable bonds is 6. The molecule has 136 valence electrons. The molecule has 6 heteroatoms. The van der Waals surface area contributed by atoms with E-state index in [2.05, 4.69) is 33.1 Å². The Morgan fingerprint density at radius 1 is 1.07 bits per heavy atom. The Bertz CT molecular complexity index is 958. The maximum atomic E-state index is 12.1. The summed E-state index contributed by atoms with van der Waals surface area (Å²) < 4.78 is 6.78. The zero-order valence-corrected chi connectivity index (χ0v) is 17.1. The van der Waals surface area contributed by atoms with Crippen molar-refractivity contribution in [3.8, 4) is 5.75 Å². The Kier molecular flexibility index (Phi) is 6.84. The number of nitrogens with one attached hydrogen (secondary N) is 1. The normalized spacial score (nSPS) is 10.7. The Morgan fingerprint density at radius 3 is 2.63 bits per heavy atom. The lowest BCUT2D eigenvalue weighted by molar-refractivity contribution is 0.0955. The molecule has 27 heavy (non-hydrogen) atoms. The number of hydrogen-bond donors (Lipinski definition) is 1. The summed E-state index contributed by atoms with van der Waals surface area (Å²) in [5.74, 6) is 0.470. The highest BCUT2D eigenvalue weighted by atomic mass is 127. The predicted molar refractivity (Wildman–Crippen MR) is 116 cm³/mol. The number of halogens is 2. The number of amides is 1. The lowest BCUT2D eigenvalue weighted by atomic mass is 10.2. The molecule has 0 unspecified atom stereocenters. The second-order valence-corrected chi connectivity index (χ2v) is 7.38. The van der Waals surface area contributed by atoms with Gasteiger partial charge in [0.15, 0.2) is 0 Å². The van der Waals surface area contributed by atoms with Crippen LogP contribution in [0.2, 0.25) is 5.02 Å². The highest BCUT2D eigenvalue weighted by Crippen LogP contribution is 2.16. The first-order chi connectivity index (χ1) is 13.1. The molecule has 0 aliphatic carbocycles. The topological polar surface area (TPSA) is 50.7 Å². The van der Waals surface area contributed by atoms with Gasteiger partial charge in [-0.3, -0.25) is 4.79 Å². The quantitative estimate of drug-likeness (QED) is 0.290. The lowest BCUT2D eigenvalue weighted by Gasteiger charge is -2.07. The van der Waals surface area contributed by atoms with E-state index in [9.17, 15) is 4.79 Å². The van der Waals surface area contributed by atoms with Crippen LogP contribution in [0.25, 0.3) is 0 Å². The summed E-state index contributed by atoms with van der Waals surface area (Å²) in [5, 5.41) is 4.72. The summed E-state index contributed by atoms with van der Waals surface area (Å²) >= 11 is 8.05. The third kappa shape index (κ3) is 6.08. The van der Waals surface area contributed by atoms with Crippen molar-refractivity contribution in [3.63, 3.8) is 0 Å². The largest absolute Gasteiger partial charge is 0.489 e. The van der Waals surface area contributed by atoms with E-state index in [1.54, 1.807) is 18.3 Å². The molecule has 0 saturated carbocycles. The predicted octanol–water partition coefficient (Wildman–Crippen LogP) is 5.29. The first kappa shape index (κ1) is 19.4. The minimum Gasteiger partial charge on any atom is -0.489 e. The highest BCUT2D eigenvalue weighted by Gasteiger charge is 2.04. The summed E-state index contributed by atoms with van der Waals surface area (Å²) in [5.41, 5.74) is 4.96. The van der Waals surface area contributed by atoms with Gasteiger partial charge in [-0.05, 0) is 76.2 Å². The fourth-order valence-corrected chi connectivity index (χ4v) is 2.96. The summed E-state index contributed by atoms with van der Waals surface area (Å²) in [6.07, 6.45) is 1.58. The fourth-order valence-electron chi connectivity index (χ4n) is 2.29. The summed E-state index contributed by atoms with van der Waals surface area (Å²) in [4.78, 5) is 12.1. The SMILES string of the molecule is O=C(N/N=C\c1cccc(OCc2ccc(Cl)cc2)c1)c1cccc(I)c1. The van der Waals surface area contributed by atoms with E-state index in [0.717, 1.165) is 20.4 Å². The molecular formula is C21H16ClIN2O2. The van der Waals surface area contributed by atoms with Gasteiger partial charge in [-0.15, -0.1) is 0 Å². The van der Waals surface area contributed by atoms with Crippen molar-refractivity contribution < 1.29 is 9.53 Å². The van der Waals surface area contributed by atoms with Gasteiger partial charge in [0.05, 0.1) is 6.21 Å². The third-order valence-corrected chi connectivity index (χ3v) is 4.57. The molecule has 3 aromatic rings. The molecule has 0 bridgehead atoms. The first-order valence-corrected chi connectivity index (χ1v) is 9.62. The van der Waals surface area contributed by atoms with Crippen molar-refractivity contribution >= 4 is 46.3 Å². The zero-order chi connectivity index (χ0) is 19.1. The van der Waals surface area contributed by atoms with E-state index in [1.807, 2.05) is 60.7 Å². The molecule has 0 atom stereocenters. The van der Waals surface area contributed by atoms with E-state index in [1.165, 1.54) is 0 Å². The van der Waals surface area contributed by atoms with Crippen molar-refractivity contribution in [2.75, 3.05) is 0 Å². The van der Waals surface area contributed by atoms with Crippen LogP contribution in [0.5, 0.6) is 5.75 Å². The van der Waals surface area contributed by atoms with Crippen LogP contribution in [0.15, 0.2) is 77.9 Å². The average Bonchev–Trinajstić information content (AvgIpc) is 2.68. The molecule has 0 saturated heterocycles. The van der Waals surface area contributed by atoms with Gasteiger partial charge in [0.25, 0.3) is 5.91 Å². The van der Waals surface area contributed by atoms with Gasteiger partial charge in [0, 0.05) is 14.2 Å². The Labute approximate surface area is 176 Å². The number of hydrogen-bond acceptors (Lipinski definition) is 3. The van der Waals surface area contributed by atoms with Crippen LogP contribution in [0.1, 0.15) is 21.5 Å². The summed E-state index contributed by atoms with van der Waals surface area (Å²) in [6.45, 7) is 0.446. The van der Waals surface area contributed by atoms with Crippen LogP contribution in [-0.4, -0.2) is 12.1 Å².